The largest absolute Gasteiger partial charge is 0.508 e. The minimum atomic E-state index is -0.951. The summed E-state index contributed by atoms with van der Waals surface area (Å²) in [6.07, 6.45) is 11.1. The molecule has 4 aromatic carbocycles. The second kappa shape index (κ2) is 20.2. The number of nitrogens with one attached hydrogen (secondary N) is 2. The second-order valence-corrected chi connectivity index (χ2v) is 26.0. The molecule has 440 valence electrons. The summed E-state index contributed by atoms with van der Waals surface area (Å²) >= 11 is 13.6. The van der Waals surface area contributed by atoms with Crippen molar-refractivity contribution in [3.05, 3.63) is 106 Å². The van der Waals surface area contributed by atoms with E-state index >= 15 is 17.6 Å². The Morgan fingerprint density at radius 3 is 1.78 bits per heavy atom. The summed E-state index contributed by atoms with van der Waals surface area (Å²) in [6, 6.07) is 14.1. The summed E-state index contributed by atoms with van der Waals surface area (Å²) < 4.78 is 95.4. The van der Waals surface area contributed by atoms with Crippen LogP contribution < -0.4 is 29.9 Å². The van der Waals surface area contributed by atoms with Gasteiger partial charge in [0.25, 0.3) is 0 Å². The number of halogens is 7. The lowest BCUT2D eigenvalue weighted by Gasteiger charge is -2.36. The molecule has 8 aliphatic heterocycles. The number of benzene rings is 4. The highest BCUT2D eigenvalue weighted by atomic mass is 35.5. The van der Waals surface area contributed by atoms with E-state index in [1.165, 1.54) is 36.4 Å². The first-order valence-corrected chi connectivity index (χ1v) is 30.6. The Morgan fingerprint density at radius 1 is 0.600 bits per heavy atom. The number of piperazine rings is 2. The van der Waals surface area contributed by atoms with Gasteiger partial charge in [-0.25, -0.2) is 31.9 Å². The van der Waals surface area contributed by atoms with Gasteiger partial charge in [0.15, 0.2) is 11.6 Å². The molecule has 8 fully saturated rings. The molecule has 16 rings (SSSR count). The Labute approximate surface area is 496 Å². The molecule has 14 nitrogen and oxygen atoms in total. The number of nitrogens with zero attached hydrogens (tertiary/aromatic N) is 8. The summed E-state index contributed by atoms with van der Waals surface area (Å²) in [7, 11) is 0. The van der Waals surface area contributed by atoms with Gasteiger partial charge in [0, 0.05) is 127 Å². The van der Waals surface area contributed by atoms with Crippen LogP contribution in [-0.4, -0.2) is 140 Å². The number of alkyl halides is 1. The molecular formula is C64H61Cl2F5N10O4. The van der Waals surface area contributed by atoms with Gasteiger partial charge >= 0.3 is 0 Å². The Hall–Kier alpha value is -6.61. The van der Waals surface area contributed by atoms with Crippen molar-refractivity contribution < 1.29 is 41.6 Å². The topological polar surface area (TPSA) is 148 Å². The molecule has 4 bridgehead atoms. The van der Waals surface area contributed by atoms with Gasteiger partial charge < -0.3 is 40.1 Å². The molecule has 0 radical (unpaired) electrons. The van der Waals surface area contributed by atoms with Gasteiger partial charge in [-0.15, -0.1) is 0 Å². The molecule has 4 aromatic heterocycles. The zero-order valence-electron chi connectivity index (χ0n) is 46.4. The molecule has 21 heteroatoms. The van der Waals surface area contributed by atoms with E-state index < -0.39 is 40.5 Å². The lowest BCUT2D eigenvalue weighted by molar-refractivity contribution is 0.0873. The maximum Gasteiger partial charge on any atom is 0.216 e. The van der Waals surface area contributed by atoms with Gasteiger partial charge in [0.2, 0.25) is 11.8 Å². The van der Waals surface area contributed by atoms with Crippen molar-refractivity contribution in [2.45, 2.75) is 118 Å². The molecule has 0 aliphatic carbocycles. The Kier molecular flexibility index (Phi) is 12.8. The predicted molar refractivity (Wildman–Crippen MR) is 317 cm³/mol. The summed E-state index contributed by atoms with van der Waals surface area (Å²) in [5.74, 6) is -2.96. The predicted octanol–water partition coefficient (Wildman–Crippen LogP) is 12.1. The molecule has 0 amide bonds. The molecular weight excluding hydrogens is 1140 g/mol. The van der Waals surface area contributed by atoms with Crippen LogP contribution in [0.15, 0.2) is 67.0 Å². The highest BCUT2D eigenvalue weighted by Crippen LogP contribution is 2.53. The highest BCUT2D eigenvalue weighted by molar-refractivity contribution is 6.37. The standard InChI is InChI=1S/C64H61Cl2F5N10O4/c65-55-46(68)8-3-32-15-38(82)17-42(53(32)55)59-57(70)61-44(23-72-59)49(78-26-34-4-5-35(27-78)74-34)20-51(76-61)84-30-63-10-2-14-81(63)48(9-12-63)40-19-47(69)56(66)54-41(40)16-39(83)18-43(54)60-58(71)62-45(24-73-60)50(79-28-36-6-7-37(29-79)75-36)21-52(77-62)85-31-64-11-1-13-80(64)25-33(67)22-64/h3,8,15-21,23-24,33-37,48,74-75,82-83H,1-2,4-7,9-14,22,25-31H2/t33-,34?,35?,36?,37?,48?,63?,64?/m0/s1. The third-order valence-electron chi connectivity index (χ3n) is 20.3. The first-order chi connectivity index (χ1) is 41.2. The van der Waals surface area contributed by atoms with Crippen LogP contribution in [0.5, 0.6) is 23.3 Å². The van der Waals surface area contributed by atoms with Crippen LogP contribution in [0.25, 0.3) is 65.9 Å². The molecule has 8 saturated heterocycles. The fourth-order valence-electron chi connectivity index (χ4n) is 16.5. The number of phenolic OH excluding ortho intramolecular Hbond substituents is 2. The zero-order valence-corrected chi connectivity index (χ0v) is 47.9. The van der Waals surface area contributed by atoms with Crippen LogP contribution in [0.4, 0.5) is 33.3 Å². The van der Waals surface area contributed by atoms with Crippen molar-refractivity contribution in [3.8, 4) is 45.8 Å². The Bertz CT molecular complexity index is 4090. The van der Waals surface area contributed by atoms with E-state index in [4.69, 9.17) is 47.6 Å². The molecule has 7 unspecified atom stereocenters. The van der Waals surface area contributed by atoms with Crippen molar-refractivity contribution in [1.29, 1.82) is 0 Å². The van der Waals surface area contributed by atoms with Gasteiger partial charge in [-0.05, 0) is 130 Å². The fraction of sp³-hybridized carbons (Fsp3) is 0.438. The Morgan fingerprint density at radius 2 is 1.15 bits per heavy atom. The molecule has 12 heterocycles. The van der Waals surface area contributed by atoms with Gasteiger partial charge in [-0.1, -0.05) is 29.3 Å². The third kappa shape index (κ3) is 8.81. The smallest absolute Gasteiger partial charge is 0.216 e. The molecule has 0 saturated carbocycles. The highest BCUT2D eigenvalue weighted by Gasteiger charge is 2.52. The van der Waals surface area contributed by atoms with Crippen LogP contribution >= 0.6 is 23.2 Å². The minimum Gasteiger partial charge on any atom is -0.508 e. The van der Waals surface area contributed by atoms with Crippen LogP contribution in [-0.2, 0) is 0 Å². The SMILES string of the molecule is Oc1cc(-c2ncc3c(N4CC5CCC(C4)N5)cc(OCC45CCCN4C(c4cc(F)c(Cl)c6c(-c7ncc8c(N9CC%10CCC(C9)N%10)cc(OCC9%10CCCN9C[C@@H](F)C%10)nc8c7F)cc(O)cc46)CC5)nc3c2F)c2c(Cl)c(F)ccc2c1. The normalized spacial score (nSPS) is 27.4. The molecule has 8 aliphatic rings. The van der Waals surface area contributed by atoms with E-state index in [9.17, 15) is 14.6 Å². The van der Waals surface area contributed by atoms with Crippen molar-refractivity contribution in [2.24, 2.45) is 0 Å². The van der Waals surface area contributed by atoms with Gasteiger partial charge in [0.05, 0.1) is 32.5 Å². The number of aromatic nitrogens is 4. The van der Waals surface area contributed by atoms with Crippen molar-refractivity contribution >= 4 is 77.9 Å². The average molecular weight is 1200 g/mol. The monoisotopic (exact) mass is 1200 g/mol. The first kappa shape index (κ1) is 53.8. The van der Waals surface area contributed by atoms with Gasteiger partial charge in [-0.3, -0.25) is 19.8 Å². The molecule has 8 aromatic rings. The van der Waals surface area contributed by atoms with Crippen molar-refractivity contribution in [3.63, 3.8) is 0 Å². The number of hydrogen-bond donors (Lipinski definition) is 4. The van der Waals surface area contributed by atoms with Crippen LogP contribution in [0.3, 0.4) is 0 Å². The number of phenols is 2. The maximum atomic E-state index is 17.9. The average Bonchev–Trinajstić information content (AvgIpc) is 2.05. The van der Waals surface area contributed by atoms with Crippen LogP contribution in [0.2, 0.25) is 10.0 Å². The fourth-order valence-corrected chi connectivity index (χ4v) is 17.0. The van der Waals surface area contributed by atoms with E-state index in [2.05, 4.69) is 35.2 Å². The number of ether oxygens (including phenoxy) is 2. The van der Waals surface area contributed by atoms with E-state index in [1.54, 1.807) is 18.5 Å². The zero-order chi connectivity index (χ0) is 57.8. The van der Waals surface area contributed by atoms with Crippen molar-refractivity contribution in [1.82, 2.24) is 40.4 Å². The summed E-state index contributed by atoms with van der Waals surface area (Å²) in [5.41, 5.74) is 0.815. The van der Waals surface area contributed by atoms with Crippen molar-refractivity contribution in [2.75, 3.05) is 68.8 Å². The summed E-state index contributed by atoms with van der Waals surface area (Å²) in [4.78, 5) is 28.0. The first-order valence-electron chi connectivity index (χ1n) is 29.8. The lowest BCUT2D eigenvalue weighted by atomic mass is 9.92. The van der Waals surface area contributed by atoms with E-state index in [1.807, 2.05) is 12.1 Å². The maximum absolute atomic E-state index is 17.9. The Balaban J connectivity index is 0.750. The third-order valence-corrected chi connectivity index (χ3v) is 21.0. The van der Waals surface area contributed by atoms with Gasteiger partial charge in [-0.2, -0.15) is 0 Å². The summed E-state index contributed by atoms with van der Waals surface area (Å²) in [5, 5.41) is 31.5. The number of fused-ring (bicyclic) bond motifs is 10. The molecule has 0 spiro atoms. The van der Waals surface area contributed by atoms with E-state index in [0.717, 1.165) is 63.6 Å². The second-order valence-electron chi connectivity index (χ2n) is 25.3. The van der Waals surface area contributed by atoms with Crippen LogP contribution in [0, 0.1) is 23.3 Å². The van der Waals surface area contributed by atoms with E-state index in [-0.39, 0.29) is 121 Å². The molecule has 85 heavy (non-hydrogen) atoms. The van der Waals surface area contributed by atoms with E-state index in [0.29, 0.717) is 91.3 Å². The molecule has 8 atom stereocenters. The number of pyridine rings is 4. The quantitative estimate of drug-likeness (QED) is 0.0911. The number of anilines is 2. The number of aromatic hydroxyl groups is 2. The van der Waals surface area contributed by atoms with Crippen LogP contribution in [0.1, 0.15) is 82.2 Å². The molecule has 4 N–H and O–H groups in total. The summed E-state index contributed by atoms with van der Waals surface area (Å²) in [6.45, 7) is 4.88. The number of rotatable bonds is 11. The minimum absolute atomic E-state index is 0.000415. The lowest BCUT2D eigenvalue weighted by Crippen LogP contribution is -2.51. The number of hydrogen-bond acceptors (Lipinski definition) is 14. The van der Waals surface area contributed by atoms with Gasteiger partial charge in [0.1, 0.15) is 64.9 Å².